The summed E-state index contributed by atoms with van der Waals surface area (Å²) in [6.45, 7) is 6.50. The SMILES string of the molecule is CC(C)S(=O)(=O)c1ccccc1C(=O)NCC(C)(C)c1cccc(C(F)(F)F)c1. The largest absolute Gasteiger partial charge is 0.416 e. The molecule has 1 amide bonds. The molecule has 0 aliphatic carbocycles. The molecule has 0 spiro atoms. The molecule has 0 radical (unpaired) electrons. The number of benzene rings is 2. The van der Waals surface area contributed by atoms with Crippen LogP contribution in [-0.2, 0) is 21.4 Å². The minimum atomic E-state index is -4.46. The van der Waals surface area contributed by atoms with Crippen LogP contribution in [0, 0.1) is 0 Å². The second-order valence-electron chi connectivity index (χ2n) is 7.74. The molecular formula is C21H24F3NO3S. The molecule has 0 atom stereocenters. The van der Waals surface area contributed by atoms with Crippen molar-refractivity contribution in [2.75, 3.05) is 6.54 Å². The third-order valence-corrected chi connectivity index (χ3v) is 6.93. The van der Waals surface area contributed by atoms with Crippen molar-refractivity contribution in [3.63, 3.8) is 0 Å². The lowest BCUT2D eigenvalue weighted by Crippen LogP contribution is -2.37. The van der Waals surface area contributed by atoms with E-state index in [0.717, 1.165) is 12.1 Å². The van der Waals surface area contributed by atoms with Crippen LogP contribution in [0.2, 0.25) is 0 Å². The highest BCUT2D eigenvalue weighted by molar-refractivity contribution is 7.92. The Labute approximate surface area is 169 Å². The van der Waals surface area contributed by atoms with Crippen molar-refractivity contribution in [2.45, 2.75) is 49.4 Å². The molecule has 29 heavy (non-hydrogen) atoms. The van der Waals surface area contributed by atoms with Gasteiger partial charge in [0.2, 0.25) is 0 Å². The third kappa shape index (κ3) is 5.18. The lowest BCUT2D eigenvalue weighted by atomic mass is 9.83. The van der Waals surface area contributed by atoms with Crippen LogP contribution in [0.4, 0.5) is 13.2 Å². The molecule has 2 rings (SSSR count). The maximum Gasteiger partial charge on any atom is 0.416 e. The molecular weight excluding hydrogens is 403 g/mol. The summed E-state index contributed by atoms with van der Waals surface area (Å²) >= 11 is 0. The number of halogens is 3. The Hall–Kier alpha value is -2.35. The number of nitrogens with one attached hydrogen (secondary N) is 1. The summed E-state index contributed by atoms with van der Waals surface area (Å²) in [4.78, 5) is 12.6. The molecule has 0 heterocycles. The lowest BCUT2D eigenvalue weighted by Gasteiger charge is -2.26. The third-order valence-electron chi connectivity index (χ3n) is 4.72. The summed E-state index contributed by atoms with van der Waals surface area (Å²) < 4.78 is 64.0. The first-order chi connectivity index (χ1) is 13.3. The average molecular weight is 427 g/mol. The smallest absolute Gasteiger partial charge is 0.351 e. The quantitative estimate of drug-likeness (QED) is 0.733. The molecule has 0 saturated carbocycles. The second kappa shape index (κ2) is 8.18. The zero-order chi connectivity index (χ0) is 22.0. The minimum absolute atomic E-state index is 0.0149. The van der Waals surface area contributed by atoms with E-state index in [1.54, 1.807) is 32.0 Å². The summed E-state index contributed by atoms with van der Waals surface area (Å²) in [5, 5.41) is 1.97. The van der Waals surface area contributed by atoms with E-state index in [9.17, 15) is 26.4 Å². The van der Waals surface area contributed by atoms with E-state index in [1.807, 2.05) is 0 Å². The maximum atomic E-state index is 13.0. The number of carbonyl (C=O) groups is 1. The molecule has 0 aliphatic heterocycles. The molecule has 2 aromatic rings. The van der Waals surface area contributed by atoms with Gasteiger partial charge in [-0.05, 0) is 37.6 Å². The van der Waals surface area contributed by atoms with Crippen LogP contribution in [0.5, 0.6) is 0 Å². The summed E-state index contributed by atoms with van der Waals surface area (Å²) in [5.41, 5.74) is -1.14. The number of alkyl halides is 3. The van der Waals surface area contributed by atoms with Crippen molar-refractivity contribution < 1.29 is 26.4 Å². The van der Waals surface area contributed by atoms with Crippen molar-refractivity contribution in [3.8, 4) is 0 Å². The molecule has 8 heteroatoms. The summed E-state index contributed by atoms with van der Waals surface area (Å²) in [7, 11) is -3.67. The van der Waals surface area contributed by atoms with Crippen LogP contribution >= 0.6 is 0 Å². The van der Waals surface area contributed by atoms with E-state index < -0.39 is 38.1 Å². The van der Waals surface area contributed by atoms with E-state index in [1.165, 1.54) is 32.0 Å². The van der Waals surface area contributed by atoms with Gasteiger partial charge in [0.1, 0.15) is 0 Å². The van der Waals surface area contributed by atoms with Gasteiger partial charge < -0.3 is 5.32 Å². The highest BCUT2D eigenvalue weighted by Gasteiger charge is 2.32. The first kappa shape index (κ1) is 22.9. The zero-order valence-corrected chi connectivity index (χ0v) is 17.5. The molecule has 0 saturated heterocycles. The van der Waals surface area contributed by atoms with Crippen LogP contribution in [0.3, 0.4) is 0 Å². The number of rotatable bonds is 6. The van der Waals surface area contributed by atoms with Gasteiger partial charge in [0.25, 0.3) is 5.91 Å². The Bertz CT molecular complexity index is 996. The predicted octanol–water partition coefficient (Wildman–Crippen LogP) is 4.60. The van der Waals surface area contributed by atoms with Crippen LogP contribution in [0.15, 0.2) is 53.4 Å². The molecule has 0 fully saturated rings. The van der Waals surface area contributed by atoms with Gasteiger partial charge in [0.15, 0.2) is 9.84 Å². The predicted molar refractivity (Wildman–Crippen MR) is 106 cm³/mol. The molecule has 4 nitrogen and oxygen atoms in total. The monoisotopic (exact) mass is 427 g/mol. The first-order valence-corrected chi connectivity index (χ1v) is 10.6. The molecule has 0 unspecified atom stereocenters. The first-order valence-electron chi connectivity index (χ1n) is 9.05. The summed E-state index contributed by atoms with van der Waals surface area (Å²) in [6, 6.07) is 10.8. The number of amides is 1. The normalized spacial score (nSPS) is 12.8. The minimum Gasteiger partial charge on any atom is -0.351 e. The van der Waals surface area contributed by atoms with Gasteiger partial charge in [-0.1, -0.05) is 44.2 Å². The Morgan fingerprint density at radius 1 is 1.00 bits per heavy atom. The van der Waals surface area contributed by atoms with Gasteiger partial charge in [0.05, 0.1) is 21.3 Å². The molecule has 0 bridgehead atoms. The Morgan fingerprint density at radius 3 is 2.17 bits per heavy atom. The van der Waals surface area contributed by atoms with E-state index in [4.69, 9.17) is 0 Å². The van der Waals surface area contributed by atoms with Crippen LogP contribution in [0.1, 0.15) is 49.2 Å². The molecule has 1 N–H and O–H groups in total. The van der Waals surface area contributed by atoms with Crippen molar-refractivity contribution in [3.05, 3.63) is 65.2 Å². The highest BCUT2D eigenvalue weighted by Crippen LogP contribution is 2.32. The summed E-state index contributed by atoms with van der Waals surface area (Å²) in [5.74, 6) is -0.593. The maximum absolute atomic E-state index is 13.0. The van der Waals surface area contributed by atoms with E-state index in [2.05, 4.69) is 5.32 Å². The van der Waals surface area contributed by atoms with E-state index in [0.29, 0.717) is 5.56 Å². The molecule has 158 valence electrons. The van der Waals surface area contributed by atoms with Crippen molar-refractivity contribution in [1.82, 2.24) is 5.32 Å². The standard InChI is InChI=1S/C21H24F3NO3S/c1-14(2)29(27,28)18-11-6-5-10-17(18)19(26)25-13-20(3,4)15-8-7-9-16(12-15)21(22,23)24/h5-12,14H,13H2,1-4H3,(H,25,26). The number of carbonyl (C=O) groups excluding carboxylic acids is 1. The lowest BCUT2D eigenvalue weighted by molar-refractivity contribution is -0.137. The van der Waals surface area contributed by atoms with Gasteiger partial charge >= 0.3 is 6.18 Å². The zero-order valence-electron chi connectivity index (χ0n) is 16.7. The van der Waals surface area contributed by atoms with Gasteiger partial charge in [-0.3, -0.25) is 4.79 Å². The average Bonchev–Trinajstić information content (AvgIpc) is 2.65. The van der Waals surface area contributed by atoms with Crippen LogP contribution < -0.4 is 5.32 Å². The fourth-order valence-corrected chi connectivity index (χ4v) is 4.01. The van der Waals surface area contributed by atoms with Gasteiger partial charge in [-0.25, -0.2) is 8.42 Å². The van der Waals surface area contributed by atoms with Crippen molar-refractivity contribution in [2.24, 2.45) is 0 Å². The van der Waals surface area contributed by atoms with E-state index >= 15 is 0 Å². The van der Waals surface area contributed by atoms with Crippen molar-refractivity contribution >= 4 is 15.7 Å². The fraction of sp³-hybridized carbons (Fsp3) is 0.381. The fourth-order valence-electron chi connectivity index (χ4n) is 2.77. The molecule has 0 aromatic heterocycles. The Kier molecular flexibility index (Phi) is 6.47. The van der Waals surface area contributed by atoms with Crippen molar-refractivity contribution in [1.29, 1.82) is 0 Å². The van der Waals surface area contributed by atoms with Gasteiger partial charge in [-0.15, -0.1) is 0 Å². The molecule has 2 aromatic carbocycles. The highest BCUT2D eigenvalue weighted by atomic mass is 32.2. The number of hydrogen-bond donors (Lipinski definition) is 1. The Balaban J connectivity index is 2.26. The van der Waals surface area contributed by atoms with E-state index in [-0.39, 0.29) is 17.0 Å². The van der Waals surface area contributed by atoms with Crippen LogP contribution in [-0.4, -0.2) is 26.1 Å². The number of sulfone groups is 1. The van der Waals surface area contributed by atoms with Gasteiger partial charge in [0, 0.05) is 12.0 Å². The Morgan fingerprint density at radius 2 is 1.59 bits per heavy atom. The summed E-state index contributed by atoms with van der Waals surface area (Å²) in [6.07, 6.45) is -4.46. The van der Waals surface area contributed by atoms with Gasteiger partial charge in [-0.2, -0.15) is 13.2 Å². The second-order valence-corrected chi connectivity index (χ2v) is 10.2. The van der Waals surface area contributed by atoms with Crippen LogP contribution in [0.25, 0.3) is 0 Å². The number of hydrogen-bond acceptors (Lipinski definition) is 3. The molecule has 0 aliphatic rings. The topological polar surface area (TPSA) is 63.2 Å².